The monoisotopic (exact) mass is 281 g/mol. The van der Waals surface area contributed by atoms with Crippen LogP contribution in [0.3, 0.4) is 0 Å². The molecule has 0 saturated heterocycles. The molecule has 0 saturated carbocycles. The third-order valence-corrected chi connectivity index (χ3v) is 0. The Morgan fingerprint density at radius 2 is 1.56 bits per heavy atom. The average molecular weight is 282 g/mol. The molecular weight excluding hydrogens is 276 g/mol. The van der Waals surface area contributed by atoms with Gasteiger partial charge in [-0.15, -0.1) is 12.6 Å². The summed E-state index contributed by atoms with van der Waals surface area (Å²) in [6, 6.07) is 0. The number of thiocarbonyl (C=S) groups is 1. The van der Waals surface area contributed by atoms with E-state index < -0.39 is 20.1 Å². The van der Waals surface area contributed by atoms with Crippen LogP contribution < -0.4 is 5.73 Å². The van der Waals surface area contributed by atoms with E-state index in [-0.39, 0.29) is 4.32 Å². The van der Waals surface area contributed by atoms with Crippen LogP contribution in [0.4, 0.5) is 0 Å². The summed E-state index contributed by atoms with van der Waals surface area (Å²) in [5, 5.41) is 0. The third-order valence-electron chi connectivity index (χ3n) is 0. The van der Waals surface area contributed by atoms with Crippen LogP contribution >= 0.6 is 24.8 Å². The van der Waals surface area contributed by atoms with E-state index in [0.717, 1.165) is 0 Å². The summed E-state index contributed by atoms with van der Waals surface area (Å²) < 4.78 is 31.0. The predicted molar refractivity (Wildman–Crippen MR) is 38.9 cm³/mol. The molecule has 8 heteroatoms. The van der Waals surface area contributed by atoms with Gasteiger partial charge in [0, 0.05) is 0 Å². The first-order valence-corrected chi connectivity index (χ1v) is 6.82. The maximum absolute atomic E-state index is 8.97. The quantitative estimate of drug-likeness (QED) is 0.200. The van der Waals surface area contributed by atoms with E-state index in [1.165, 1.54) is 0 Å². The van der Waals surface area contributed by atoms with Gasteiger partial charge in [-0.1, -0.05) is 12.2 Å². The molecular formula is CH6NO4S2Sb. The molecule has 0 aliphatic carbocycles. The minimum atomic E-state index is -5.35. The molecule has 0 aliphatic heterocycles. The Kier molecular flexibility index (Phi) is 7.61. The van der Waals surface area contributed by atoms with Gasteiger partial charge in [-0.25, -0.2) is 0 Å². The van der Waals surface area contributed by atoms with Crippen LogP contribution in [0.1, 0.15) is 0 Å². The molecule has 0 fully saturated rings. The van der Waals surface area contributed by atoms with Crippen molar-refractivity contribution in [3.63, 3.8) is 0 Å². The fourth-order valence-electron chi connectivity index (χ4n) is 0. The molecule has 0 aromatic rings. The molecule has 5 nitrogen and oxygen atoms in total. The van der Waals surface area contributed by atoms with Gasteiger partial charge in [0.2, 0.25) is 0 Å². The Labute approximate surface area is 68.0 Å². The van der Waals surface area contributed by atoms with Crippen molar-refractivity contribution in [2.75, 3.05) is 0 Å². The number of rotatable bonds is 0. The van der Waals surface area contributed by atoms with E-state index in [1.807, 2.05) is 0 Å². The van der Waals surface area contributed by atoms with Gasteiger partial charge in [-0.05, 0) is 0 Å². The summed E-state index contributed by atoms with van der Waals surface area (Å²) in [7, 11) is 0. The Morgan fingerprint density at radius 1 is 1.56 bits per heavy atom. The van der Waals surface area contributed by atoms with Crippen molar-refractivity contribution >= 4 is 49.2 Å². The van der Waals surface area contributed by atoms with Gasteiger partial charge in [-0.2, -0.15) is 0 Å². The molecule has 9 heavy (non-hydrogen) atoms. The summed E-state index contributed by atoms with van der Waals surface area (Å²) in [6.45, 7) is 0. The van der Waals surface area contributed by atoms with Gasteiger partial charge in [0.1, 0.15) is 4.32 Å². The maximum atomic E-state index is 8.97. The van der Waals surface area contributed by atoms with Crippen molar-refractivity contribution in [1.82, 2.24) is 0 Å². The van der Waals surface area contributed by atoms with Crippen molar-refractivity contribution in [3.8, 4) is 0 Å². The zero-order chi connectivity index (χ0) is 8.08. The van der Waals surface area contributed by atoms with Gasteiger partial charge < -0.3 is 5.73 Å². The first-order valence-electron chi connectivity index (χ1n) is 1.50. The third kappa shape index (κ3) is 728. The van der Waals surface area contributed by atoms with Crippen molar-refractivity contribution in [3.05, 3.63) is 0 Å². The number of thiol groups is 1. The van der Waals surface area contributed by atoms with Crippen molar-refractivity contribution in [2.24, 2.45) is 5.73 Å². The van der Waals surface area contributed by atoms with Crippen LogP contribution in [0, 0.1) is 0 Å². The molecule has 0 spiro atoms. The molecule has 0 amide bonds. The number of hydrogen-bond donors (Lipinski definition) is 5. The van der Waals surface area contributed by atoms with Crippen LogP contribution in [0.5, 0.6) is 0 Å². The summed E-state index contributed by atoms with van der Waals surface area (Å²) in [6.07, 6.45) is 0. The second kappa shape index (κ2) is 5.52. The van der Waals surface area contributed by atoms with E-state index in [4.69, 9.17) is 18.9 Å². The zero-order valence-electron chi connectivity index (χ0n) is 4.13. The summed E-state index contributed by atoms with van der Waals surface area (Å²) in [5.74, 6) is 0. The van der Waals surface area contributed by atoms with Crippen LogP contribution in [-0.4, -0.2) is 34.5 Å². The summed E-state index contributed by atoms with van der Waals surface area (Å²) >= 11 is 2.30. The molecule has 5 N–H and O–H groups in total. The molecule has 0 atom stereocenters. The zero-order valence-corrected chi connectivity index (χ0v) is 8.39. The van der Waals surface area contributed by atoms with E-state index >= 15 is 0 Å². The van der Waals surface area contributed by atoms with E-state index in [0.29, 0.717) is 0 Å². The van der Waals surface area contributed by atoms with Gasteiger partial charge >= 0.3 is 33.2 Å². The Balaban J connectivity index is 0. The van der Waals surface area contributed by atoms with Crippen LogP contribution in [0.25, 0.3) is 0 Å². The first-order chi connectivity index (χ1) is 3.73. The fourth-order valence-corrected chi connectivity index (χ4v) is 0. The van der Waals surface area contributed by atoms with Crippen molar-refractivity contribution < 1.29 is 13.2 Å². The van der Waals surface area contributed by atoms with E-state index in [1.54, 1.807) is 0 Å². The van der Waals surface area contributed by atoms with Gasteiger partial charge in [0.25, 0.3) is 0 Å². The number of hydrogen-bond acceptors (Lipinski definition) is 2. The molecule has 0 aromatic heterocycles. The minimum absolute atomic E-state index is 0.194. The van der Waals surface area contributed by atoms with Gasteiger partial charge in [0.05, 0.1) is 0 Å². The van der Waals surface area contributed by atoms with E-state index in [2.05, 4.69) is 24.8 Å². The molecule has 0 aliphatic rings. The number of nitrogens with two attached hydrogens (primary N) is 1. The second-order valence-corrected chi connectivity index (χ2v) is 5.01. The van der Waals surface area contributed by atoms with E-state index in [9.17, 15) is 0 Å². The van der Waals surface area contributed by atoms with Crippen LogP contribution in [-0.2, 0) is 3.02 Å². The second-order valence-electron chi connectivity index (χ2n) is 0.852. The van der Waals surface area contributed by atoms with Crippen LogP contribution in [0.15, 0.2) is 0 Å². The molecule has 0 bridgehead atoms. The molecule has 0 aromatic carbocycles. The van der Waals surface area contributed by atoms with Gasteiger partial charge in [0.15, 0.2) is 0 Å². The average Bonchev–Trinajstić information content (AvgIpc) is 1.19. The molecule has 56 valence electrons. The molecule has 0 heterocycles. The fraction of sp³-hybridized carbons (Fsp3) is 0. The Morgan fingerprint density at radius 3 is 1.56 bits per heavy atom. The standard InChI is InChI=1S/CH3NS2.3H2O.O.Sb/c2-1(3)4;;;;;/h(H3,2,3,4);3*1H2;;/q;;;;;+3/p-3. The first kappa shape index (κ1) is 12.4. The van der Waals surface area contributed by atoms with Gasteiger partial charge in [-0.3, -0.25) is 0 Å². The van der Waals surface area contributed by atoms with Crippen molar-refractivity contribution in [2.45, 2.75) is 0 Å². The molecule has 0 radical (unpaired) electrons. The molecule has 0 unspecified atom stereocenters. The molecule has 0 rings (SSSR count). The SMILES string of the molecule is NC(=S)S.[O]=[Sb]([OH])([OH])[OH]. The van der Waals surface area contributed by atoms with Crippen LogP contribution in [0.2, 0.25) is 0 Å². The Bertz CT molecular complexity index is 118. The predicted octanol–water partition coefficient (Wildman–Crippen LogP) is -2.01. The Hall–Kier alpha value is 0.738. The summed E-state index contributed by atoms with van der Waals surface area (Å²) in [5.41, 5.74) is 4.71. The van der Waals surface area contributed by atoms with Crippen molar-refractivity contribution in [1.29, 1.82) is 0 Å². The normalized spacial score (nSPS) is 9.33. The topological polar surface area (TPSA) is 104 Å². The summed E-state index contributed by atoms with van der Waals surface area (Å²) in [4.78, 5) is 0.